The van der Waals surface area contributed by atoms with E-state index in [4.69, 9.17) is 29.4 Å². The number of hydrogen-bond acceptors (Lipinski definition) is 21. The second kappa shape index (κ2) is 31.6. The van der Waals surface area contributed by atoms with E-state index in [0.29, 0.717) is 5.69 Å². The fraction of sp³-hybridized carbons (Fsp3) is 0.623. The highest BCUT2D eigenvalue weighted by molar-refractivity contribution is 5.86. The van der Waals surface area contributed by atoms with Gasteiger partial charge in [0.2, 0.25) is 5.91 Å². The van der Waals surface area contributed by atoms with Gasteiger partial charge in [0.1, 0.15) is 24.4 Å². The van der Waals surface area contributed by atoms with E-state index in [0.717, 1.165) is 7.11 Å². The highest BCUT2D eigenvalue weighted by atomic mass is 16.7. The number of carbonyl (C=O) groups is 3. The lowest BCUT2D eigenvalue weighted by Gasteiger charge is -2.46. The molecule has 0 saturated carbocycles. The lowest BCUT2D eigenvalue weighted by Crippen LogP contribution is -2.62. The van der Waals surface area contributed by atoms with E-state index < -0.39 is 165 Å². The largest absolute Gasteiger partial charge is 0.467 e. The zero-order valence-electron chi connectivity index (χ0n) is 43.3. The van der Waals surface area contributed by atoms with Crippen molar-refractivity contribution in [2.24, 2.45) is 23.5 Å². The van der Waals surface area contributed by atoms with E-state index in [2.05, 4.69) is 15.3 Å². The summed E-state index contributed by atoms with van der Waals surface area (Å²) in [6.07, 6.45) is 2.67. The number of imidazole rings is 1. The van der Waals surface area contributed by atoms with Crippen LogP contribution in [0.25, 0.3) is 0 Å². The predicted molar refractivity (Wildman–Crippen MR) is 272 cm³/mol. The average Bonchev–Trinajstić information content (AvgIpc) is 3.88. The summed E-state index contributed by atoms with van der Waals surface area (Å²) < 4.78 is 28.1. The molecule has 1 aromatic heterocycles. The molecule has 2 saturated heterocycles. The van der Waals surface area contributed by atoms with Gasteiger partial charge in [0.15, 0.2) is 18.4 Å². The predicted octanol–water partition coefficient (Wildman–Crippen LogP) is -0.819. The number of rotatable bonds is 7. The van der Waals surface area contributed by atoms with E-state index in [1.807, 2.05) is 13.0 Å². The summed E-state index contributed by atoms with van der Waals surface area (Å²) in [5.41, 5.74) is 6.42. The Balaban J connectivity index is 1.65. The number of nitrogens with zero attached hydrogens (tertiary/aromatic N) is 1. The molecule has 0 radical (unpaired) electrons. The molecule has 2 fully saturated rings. The summed E-state index contributed by atoms with van der Waals surface area (Å²) in [7, 11) is 1.11. The van der Waals surface area contributed by atoms with Gasteiger partial charge in [-0.1, -0.05) is 98.9 Å². The summed E-state index contributed by atoms with van der Waals surface area (Å²) in [6.45, 7) is 5.18. The number of cyclic esters (lactones) is 1. The van der Waals surface area contributed by atoms with E-state index in [-0.39, 0.29) is 31.6 Å². The highest BCUT2D eigenvalue weighted by Gasteiger charge is 2.51. The fourth-order valence-electron chi connectivity index (χ4n) is 9.01. The van der Waals surface area contributed by atoms with Crippen LogP contribution in [0.5, 0.6) is 0 Å². The molecule has 2 bridgehead atoms. The first-order valence-corrected chi connectivity index (χ1v) is 25.5. The fourth-order valence-corrected chi connectivity index (χ4v) is 9.01. The van der Waals surface area contributed by atoms with Gasteiger partial charge >= 0.3 is 11.9 Å². The molecule has 0 spiro atoms. The molecule has 15 N–H and O–H groups in total. The Labute approximate surface area is 442 Å². The van der Waals surface area contributed by atoms with E-state index in [1.54, 1.807) is 80.7 Å². The van der Waals surface area contributed by atoms with Crippen LogP contribution in [0.1, 0.15) is 77.8 Å². The number of aromatic nitrogens is 2. The Hall–Kier alpha value is -4.80. The Bertz CT molecular complexity index is 2140. The van der Waals surface area contributed by atoms with Crippen LogP contribution in [0.3, 0.4) is 0 Å². The second-order valence-electron chi connectivity index (χ2n) is 19.8. The number of allylic oxidation sites excluding steroid dienone is 12. The Kier molecular flexibility index (Phi) is 26.5. The molecule has 2 unspecified atom stereocenters. The smallest absolute Gasteiger partial charge is 0.328 e. The molecule has 1 amide bonds. The number of aliphatic hydroxyl groups is 11. The first-order chi connectivity index (χ1) is 36.0. The van der Waals surface area contributed by atoms with Gasteiger partial charge in [-0.25, -0.2) is 9.78 Å². The number of amides is 1. The molecule has 4 heterocycles. The monoisotopic (exact) mass is 1080 g/mol. The van der Waals surface area contributed by atoms with Crippen LogP contribution in [0.4, 0.5) is 0 Å². The van der Waals surface area contributed by atoms with Crippen molar-refractivity contribution in [3.8, 4) is 0 Å². The van der Waals surface area contributed by atoms with Crippen molar-refractivity contribution in [3.63, 3.8) is 0 Å². The van der Waals surface area contributed by atoms with Crippen molar-refractivity contribution >= 4 is 17.8 Å². The number of aromatic amines is 1. The van der Waals surface area contributed by atoms with Gasteiger partial charge in [-0.3, -0.25) is 9.59 Å². The van der Waals surface area contributed by atoms with Crippen molar-refractivity contribution < 1.29 is 94.2 Å². The maximum atomic E-state index is 14.3. The summed E-state index contributed by atoms with van der Waals surface area (Å²) >= 11 is 0. The third-order valence-electron chi connectivity index (χ3n) is 13.6. The highest BCUT2D eigenvalue weighted by Crippen LogP contribution is 2.38. The lowest BCUT2D eigenvalue weighted by atomic mass is 9.82. The molecule has 76 heavy (non-hydrogen) atoms. The van der Waals surface area contributed by atoms with Gasteiger partial charge in [-0.15, -0.1) is 0 Å². The number of esters is 2. The maximum absolute atomic E-state index is 14.3. The van der Waals surface area contributed by atoms with Crippen molar-refractivity contribution in [2.45, 2.75) is 182 Å². The number of nitrogens with one attached hydrogen (secondary N) is 2. The Morgan fingerprint density at radius 2 is 1.39 bits per heavy atom. The van der Waals surface area contributed by atoms with Gasteiger partial charge in [0.25, 0.3) is 0 Å². The molecule has 1 aromatic rings. The number of H-pyrrole nitrogens is 1. The number of aliphatic hydroxyl groups excluding tert-OH is 10. The van der Waals surface area contributed by atoms with Gasteiger partial charge in [-0.2, -0.15) is 0 Å². The standard InChI is InChI=1S/C53H80N4O19/c1-30-17-15-13-11-9-7-5-6-8-10-12-14-16-18-37(74-52-48(67)45(54)47(66)51(70)75-52)25-42-44(49(68)57-38(50(69)72-4)21-33-28-55-29-56-33)41(63)27-53(71,76-42)26-36(60)23-40(62)39(61)20-19-34(58)22-35(59)24-43(64)73-32(3)31(2)46(30)65/h5-18,28-32,34-42,44-48,51-52,58-63,65-67,70-71H,19-27,54H2,1-4H3,(H,55,56)(H,57,68)/t30?,31-,32-,34+,35+,36-,37-,38-,39+,40+,41-,42-,44+,45-,46+,47-,48-,51-,52?,53+/m0/s1. The summed E-state index contributed by atoms with van der Waals surface area (Å²) in [5.74, 6) is -7.32. The third kappa shape index (κ3) is 20.5. The second-order valence-corrected chi connectivity index (χ2v) is 19.8. The Morgan fingerprint density at radius 1 is 0.776 bits per heavy atom. The molecule has 0 aliphatic carbocycles. The molecule has 0 aromatic carbocycles. The maximum Gasteiger partial charge on any atom is 0.328 e. The molecule has 23 nitrogen and oxygen atoms in total. The molecular formula is C53H80N4O19. The quantitative estimate of drug-likeness (QED) is 0.148. The van der Waals surface area contributed by atoms with E-state index >= 15 is 0 Å². The molecule has 3 aliphatic rings. The van der Waals surface area contributed by atoms with Crippen LogP contribution in [-0.2, 0) is 44.5 Å². The summed E-state index contributed by atoms with van der Waals surface area (Å²) in [6, 6.07) is -2.75. The summed E-state index contributed by atoms with van der Waals surface area (Å²) in [5, 5.41) is 123. The molecule has 3 aliphatic heterocycles. The molecular weight excluding hydrogens is 997 g/mol. The van der Waals surface area contributed by atoms with E-state index in [9.17, 15) is 70.6 Å². The van der Waals surface area contributed by atoms with Gasteiger partial charge in [-0.05, 0) is 26.2 Å². The minimum Gasteiger partial charge on any atom is -0.467 e. The molecule has 4 rings (SSSR count). The molecule has 23 heteroatoms. The lowest BCUT2D eigenvalue weighted by molar-refractivity contribution is -0.331. The topological polar surface area (TPSA) is 387 Å². The van der Waals surface area contributed by atoms with Crippen molar-refractivity contribution in [2.75, 3.05) is 7.11 Å². The number of methoxy groups -OCH3 is 1. The first-order valence-electron chi connectivity index (χ1n) is 25.5. The van der Waals surface area contributed by atoms with Crippen LogP contribution in [0.15, 0.2) is 97.6 Å². The van der Waals surface area contributed by atoms with Gasteiger partial charge in [0.05, 0.1) is 86.8 Å². The van der Waals surface area contributed by atoms with Crippen LogP contribution >= 0.6 is 0 Å². The van der Waals surface area contributed by atoms with Crippen molar-refractivity contribution in [1.82, 2.24) is 15.3 Å². The number of carbonyl (C=O) groups excluding carboxylic acids is 3. The zero-order valence-corrected chi connectivity index (χ0v) is 43.3. The van der Waals surface area contributed by atoms with Gasteiger partial charge < -0.3 is 95.9 Å². The number of hydrogen-bond donors (Lipinski definition) is 14. The number of ether oxygens (including phenoxy) is 5. The van der Waals surface area contributed by atoms with Crippen LogP contribution in [0, 0.1) is 17.8 Å². The SMILES string of the molecule is COC(=O)[C@H](Cc1cnc[nH]1)NC(=O)[C@H]1[C@@H]2C[C@@H](OC3O[C@H](O)[C@@H](O)[C@H](N)[C@@H]3O)C=CC=CC=CC=CC=CC=CC=CC(C)[C@@H](O)[C@@H](C)[C@H](C)OC(=O)C[C@H](O)C[C@H](O)CC[C@@H](O)[C@H](O)C[C@H](O)C[C@](O)(C[C@@H]1O)O2. The molecule has 20 atom stereocenters. The normalized spacial score (nSPS) is 38.0. The molecule has 426 valence electrons. The average molecular weight is 1080 g/mol. The van der Waals surface area contributed by atoms with Crippen molar-refractivity contribution in [3.05, 3.63) is 103 Å². The Morgan fingerprint density at radius 3 is 2.00 bits per heavy atom. The number of fused-ring (bicyclic) bond motifs is 2. The van der Waals surface area contributed by atoms with Gasteiger partial charge in [0, 0.05) is 55.8 Å². The van der Waals surface area contributed by atoms with Crippen molar-refractivity contribution in [1.29, 1.82) is 0 Å². The minimum absolute atomic E-state index is 0.109. The minimum atomic E-state index is -2.43. The number of nitrogens with two attached hydrogens (primary N) is 1. The van der Waals surface area contributed by atoms with Crippen LogP contribution in [-0.4, -0.2) is 195 Å². The van der Waals surface area contributed by atoms with Crippen LogP contribution in [0.2, 0.25) is 0 Å². The van der Waals surface area contributed by atoms with E-state index in [1.165, 1.54) is 24.7 Å². The zero-order chi connectivity index (χ0) is 56.1. The summed E-state index contributed by atoms with van der Waals surface area (Å²) in [4.78, 5) is 46.7. The first kappa shape index (κ1) is 63.7. The van der Waals surface area contributed by atoms with Crippen LogP contribution < -0.4 is 11.1 Å². The third-order valence-corrected chi connectivity index (χ3v) is 13.6.